The van der Waals surface area contributed by atoms with Gasteiger partial charge in [0.05, 0.1) is 13.2 Å². The van der Waals surface area contributed by atoms with Gasteiger partial charge in [0.1, 0.15) is 16.9 Å². The number of ether oxygens (including phenoxy) is 2. The minimum atomic E-state index is -1.05. The lowest BCUT2D eigenvalue weighted by Crippen LogP contribution is -2.57. The molecular formula is C25H30N4O4. The molecule has 1 aliphatic rings. The van der Waals surface area contributed by atoms with E-state index >= 15 is 0 Å². The van der Waals surface area contributed by atoms with Crippen molar-refractivity contribution < 1.29 is 19.1 Å². The first-order valence-electron chi connectivity index (χ1n) is 11.2. The molecule has 0 spiro atoms. The van der Waals surface area contributed by atoms with Crippen LogP contribution < -0.4 is 10.1 Å². The van der Waals surface area contributed by atoms with Gasteiger partial charge >= 0.3 is 0 Å². The highest BCUT2D eigenvalue weighted by atomic mass is 16.5. The minimum absolute atomic E-state index is 0.129. The Labute approximate surface area is 193 Å². The number of benzene rings is 1. The fourth-order valence-corrected chi connectivity index (χ4v) is 4.11. The van der Waals surface area contributed by atoms with Crippen LogP contribution in [0.3, 0.4) is 0 Å². The number of imidazole rings is 1. The van der Waals surface area contributed by atoms with E-state index in [0.717, 1.165) is 17.6 Å². The van der Waals surface area contributed by atoms with Gasteiger partial charge in [-0.05, 0) is 44.0 Å². The molecular weight excluding hydrogens is 420 g/mol. The number of amides is 2. The van der Waals surface area contributed by atoms with Crippen molar-refractivity contribution in [2.75, 3.05) is 32.9 Å². The van der Waals surface area contributed by atoms with Gasteiger partial charge in [-0.3, -0.25) is 9.59 Å². The largest absolute Gasteiger partial charge is 0.484 e. The predicted octanol–water partition coefficient (Wildman–Crippen LogP) is 2.33. The maximum Gasteiger partial charge on any atom is 0.258 e. The molecule has 0 aliphatic carbocycles. The van der Waals surface area contributed by atoms with Crippen molar-refractivity contribution in [1.29, 1.82) is 0 Å². The quantitative estimate of drug-likeness (QED) is 0.597. The lowest BCUT2D eigenvalue weighted by atomic mass is 9.98. The van der Waals surface area contributed by atoms with Gasteiger partial charge in [-0.15, -0.1) is 0 Å². The fourth-order valence-electron chi connectivity index (χ4n) is 4.11. The molecule has 0 saturated carbocycles. The second-order valence-corrected chi connectivity index (χ2v) is 8.90. The smallest absolute Gasteiger partial charge is 0.258 e. The third-order valence-corrected chi connectivity index (χ3v) is 5.70. The number of hydrogen-bond acceptors (Lipinski definition) is 5. The monoisotopic (exact) mass is 450 g/mol. The van der Waals surface area contributed by atoms with Gasteiger partial charge in [0.2, 0.25) is 5.91 Å². The normalized spacial score (nSPS) is 16.9. The van der Waals surface area contributed by atoms with Crippen molar-refractivity contribution >= 4 is 17.5 Å². The molecule has 1 aliphatic heterocycles. The van der Waals surface area contributed by atoms with Crippen LogP contribution in [0.2, 0.25) is 0 Å². The van der Waals surface area contributed by atoms with Crippen molar-refractivity contribution in [3.05, 3.63) is 66.6 Å². The molecule has 0 radical (unpaired) electrons. The summed E-state index contributed by atoms with van der Waals surface area (Å²) in [6.07, 6.45) is 6.55. The van der Waals surface area contributed by atoms with Crippen LogP contribution in [-0.4, -0.2) is 64.5 Å². The first-order chi connectivity index (χ1) is 15.9. The Bertz CT molecular complexity index is 1100. The summed E-state index contributed by atoms with van der Waals surface area (Å²) in [6, 6.07) is 13.2. The fraction of sp³-hybridized carbons (Fsp3) is 0.400. The van der Waals surface area contributed by atoms with Crippen molar-refractivity contribution in [3.63, 3.8) is 0 Å². The molecule has 2 amide bonds. The highest BCUT2D eigenvalue weighted by molar-refractivity contribution is 5.91. The average molecular weight is 451 g/mol. The van der Waals surface area contributed by atoms with E-state index < -0.39 is 5.54 Å². The lowest BCUT2D eigenvalue weighted by molar-refractivity contribution is -0.141. The Balaban J connectivity index is 1.35. The van der Waals surface area contributed by atoms with Crippen molar-refractivity contribution in [2.24, 2.45) is 5.92 Å². The number of aromatic nitrogens is 2. The highest BCUT2D eigenvalue weighted by Gasteiger charge is 2.35. The van der Waals surface area contributed by atoms with E-state index in [-0.39, 0.29) is 24.3 Å². The number of pyridine rings is 1. The summed E-state index contributed by atoms with van der Waals surface area (Å²) in [5.41, 5.74) is 1.01. The Morgan fingerprint density at radius 2 is 2.03 bits per heavy atom. The number of fused-ring (bicyclic) bond motifs is 1. The zero-order valence-corrected chi connectivity index (χ0v) is 19.1. The summed E-state index contributed by atoms with van der Waals surface area (Å²) >= 11 is 0. The SMILES string of the molecule is CC(C)(NC(=O)COc1ccccc1)C(=O)N1CCOC[C@@H](Cc2ccc3nccn3c2)C1. The second-order valence-electron chi connectivity index (χ2n) is 8.90. The second kappa shape index (κ2) is 10.0. The van der Waals surface area contributed by atoms with Crippen molar-refractivity contribution in [3.8, 4) is 5.75 Å². The van der Waals surface area contributed by atoms with Crippen LogP contribution in [0.4, 0.5) is 0 Å². The molecule has 3 heterocycles. The molecule has 1 aromatic carbocycles. The van der Waals surface area contributed by atoms with Gasteiger partial charge in [0.25, 0.3) is 5.91 Å². The Kier molecular flexibility index (Phi) is 6.93. The summed E-state index contributed by atoms with van der Waals surface area (Å²) in [6.45, 7) is 5.43. The standard InChI is InChI=1S/C25H30N4O4/c1-25(2,27-23(30)18-33-21-6-4-3-5-7-21)24(31)29-12-13-32-17-20(16-29)14-19-8-9-22-26-10-11-28(22)15-19/h3-11,15,20H,12-14,16-18H2,1-2H3,(H,27,30)/t20-/m0/s1. The molecule has 8 heteroatoms. The van der Waals surface area contributed by atoms with E-state index in [2.05, 4.69) is 22.6 Å². The summed E-state index contributed by atoms with van der Waals surface area (Å²) in [5, 5.41) is 2.82. The summed E-state index contributed by atoms with van der Waals surface area (Å²) < 4.78 is 13.3. The Hall–Kier alpha value is -3.39. The van der Waals surface area contributed by atoms with Gasteiger partial charge in [-0.25, -0.2) is 4.98 Å². The van der Waals surface area contributed by atoms with Crippen molar-refractivity contribution in [1.82, 2.24) is 19.6 Å². The predicted molar refractivity (Wildman–Crippen MR) is 124 cm³/mol. The molecule has 0 bridgehead atoms. The first-order valence-corrected chi connectivity index (χ1v) is 11.2. The van der Waals surface area contributed by atoms with Crippen LogP contribution in [0, 0.1) is 5.92 Å². The van der Waals surface area contributed by atoms with Crippen LogP contribution in [-0.2, 0) is 20.7 Å². The zero-order chi connectivity index (χ0) is 23.3. The van der Waals surface area contributed by atoms with E-state index in [1.807, 2.05) is 34.9 Å². The molecule has 33 heavy (non-hydrogen) atoms. The highest BCUT2D eigenvalue weighted by Crippen LogP contribution is 2.18. The van der Waals surface area contributed by atoms with Crippen molar-refractivity contribution in [2.45, 2.75) is 25.8 Å². The number of nitrogens with one attached hydrogen (secondary N) is 1. The van der Waals surface area contributed by atoms with Crippen LogP contribution in [0.25, 0.3) is 5.65 Å². The summed E-state index contributed by atoms with van der Waals surface area (Å²) in [5.74, 6) is 0.299. The van der Waals surface area contributed by atoms with Gasteiger partial charge in [-0.1, -0.05) is 24.3 Å². The number of rotatable bonds is 7. The van der Waals surface area contributed by atoms with Gasteiger partial charge < -0.3 is 24.1 Å². The molecule has 1 N–H and O–H groups in total. The van der Waals surface area contributed by atoms with Gasteiger partial charge in [0, 0.05) is 37.6 Å². The van der Waals surface area contributed by atoms with E-state index in [9.17, 15) is 9.59 Å². The molecule has 1 fully saturated rings. The van der Waals surface area contributed by atoms with E-state index in [0.29, 0.717) is 32.1 Å². The number of nitrogens with zero attached hydrogens (tertiary/aromatic N) is 3. The summed E-state index contributed by atoms with van der Waals surface area (Å²) in [7, 11) is 0. The van der Waals surface area contributed by atoms with Crippen LogP contribution in [0.5, 0.6) is 5.75 Å². The number of hydrogen-bond donors (Lipinski definition) is 1. The Morgan fingerprint density at radius 3 is 2.85 bits per heavy atom. The third kappa shape index (κ3) is 5.90. The topological polar surface area (TPSA) is 85.2 Å². The van der Waals surface area contributed by atoms with Crippen LogP contribution in [0.1, 0.15) is 19.4 Å². The van der Waals surface area contributed by atoms with E-state index in [1.165, 1.54) is 0 Å². The molecule has 0 unspecified atom stereocenters. The molecule has 8 nitrogen and oxygen atoms in total. The summed E-state index contributed by atoms with van der Waals surface area (Å²) in [4.78, 5) is 31.8. The number of para-hydroxylation sites is 1. The molecule has 3 aromatic rings. The zero-order valence-electron chi connectivity index (χ0n) is 19.1. The molecule has 4 rings (SSSR count). The maximum atomic E-state index is 13.3. The average Bonchev–Trinajstić information content (AvgIpc) is 3.15. The van der Waals surface area contributed by atoms with Gasteiger partial charge in [0.15, 0.2) is 6.61 Å². The third-order valence-electron chi connectivity index (χ3n) is 5.70. The van der Waals surface area contributed by atoms with E-state index in [4.69, 9.17) is 9.47 Å². The molecule has 1 atom stereocenters. The lowest BCUT2D eigenvalue weighted by Gasteiger charge is -2.33. The Morgan fingerprint density at radius 1 is 1.21 bits per heavy atom. The molecule has 174 valence electrons. The molecule has 1 saturated heterocycles. The first kappa shape index (κ1) is 22.8. The maximum absolute atomic E-state index is 13.3. The van der Waals surface area contributed by atoms with Crippen LogP contribution in [0.15, 0.2) is 61.1 Å². The van der Waals surface area contributed by atoms with Crippen LogP contribution >= 0.6 is 0 Å². The number of carbonyl (C=O) groups is 2. The number of carbonyl (C=O) groups excluding carboxylic acids is 2. The van der Waals surface area contributed by atoms with E-state index in [1.54, 1.807) is 37.1 Å². The molecule has 2 aromatic heterocycles. The van der Waals surface area contributed by atoms with Gasteiger partial charge in [-0.2, -0.15) is 0 Å². The minimum Gasteiger partial charge on any atom is -0.484 e.